The summed E-state index contributed by atoms with van der Waals surface area (Å²) in [4.78, 5) is 28.5. The van der Waals surface area contributed by atoms with Crippen LogP contribution in [0.15, 0.2) is 54.6 Å². The third kappa shape index (κ3) is 4.16. The van der Waals surface area contributed by atoms with E-state index < -0.39 is 11.6 Å². The zero-order chi connectivity index (χ0) is 21.8. The molecule has 2 aromatic carbocycles. The maximum atomic E-state index is 13.6. The molecule has 164 valence electrons. The molecule has 7 heteroatoms. The third-order valence-corrected chi connectivity index (χ3v) is 6.28. The second-order valence-electron chi connectivity index (χ2n) is 7.97. The summed E-state index contributed by atoms with van der Waals surface area (Å²) in [6.07, 6.45) is 0.703. The number of nitrogens with zero attached hydrogens (tertiary/aromatic N) is 2. The molecule has 7 nitrogen and oxygen atoms in total. The van der Waals surface area contributed by atoms with Gasteiger partial charge in [-0.2, -0.15) is 0 Å². The lowest BCUT2D eigenvalue weighted by molar-refractivity contribution is -0.167. The number of amides is 1. The van der Waals surface area contributed by atoms with Crippen LogP contribution in [0.4, 0.5) is 0 Å². The minimum absolute atomic E-state index is 0.225. The van der Waals surface area contributed by atoms with Gasteiger partial charge >= 0.3 is 5.97 Å². The molecule has 0 radical (unpaired) electrons. The van der Waals surface area contributed by atoms with E-state index in [2.05, 4.69) is 4.90 Å². The lowest BCUT2D eigenvalue weighted by Gasteiger charge is -2.38. The van der Waals surface area contributed by atoms with Crippen LogP contribution in [0.3, 0.4) is 0 Å². The standard InChI is InChI=1S/C24H28N2O5/c1-29-20-10-8-19(9-11-20)24(16-21(24)30-2)23(28)31-22(18-6-4-3-5-7-18)26-14-12-25(17-27)13-15-26/h3-11,17,21-22H,12-16H2,1-2H3/t21-,22?,24-/m0/s1. The van der Waals surface area contributed by atoms with Crippen LogP contribution in [-0.4, -0.2) is 68.7 Å². The fraction of sp³-hybridized carbons (Fsp3) is 0.417. The van der Waals surface area contributed by atoms with E-state index in [9.17, 15) is 9.59 Å². The lowest BCUT2D eigenvalue weighted by atomic mass is 9.95. The van der Waals surface area contributed by atoms with E-state index in [0.717, 1.165) is 23.3 Å². The van der Waals surface area contributed by atoms with Crippen LogP contribution in [0, 0.1) is 0 Å². The second-order valence-corrected chi connectivity index (χ2v) is 7.97. The minimum atomic E-state index is -0.821. The second kappa shape index (κ2) is 9.08. The van der Waals surface area contributed by atoms with Crippen LogP contribution in [0.25, 0.3) is 0 Å². The van der Waals surface area contributed by atoms with Crippen LogP contribution in [0.5, 0.6) is 5.75 Å². The smallest absolute Gasteiger partial charge is 0.321 e. The molecule has 4 rings (SSSR count). The van der Waals surface area contributed by atoms with Crippen LogP contribution in [0.1, 0.15) is 23.8 Å². The van der Waals surface area contributed by atoms with Gasteiger partial charge in [0.25, 0.3) is 0 Å². The normalized spacial score (nSPS) is 24.3. The van der Waals surface area contributed by atoms with Gasteiger partial charge in [-0.15, -0.1) is 0 Å². The predicted molar refractivity (Wildman–Crippen MR) is 115 cm³/mol. The first-order valence-corrected chi connectivity index (χ1v) is 10.5. The molecule has 2 fully saturated rings. The summed E-state index contributed by atoms with van der Waals surface area (Å²) in [5, 5.41) is 0. The van der Waals surface area contributed by atoms with Crippen molar-refractivity contribution in [2.45, 2.75) is 24.2 Å². The van der Waals surface area contributed by atoms with E-state index in [1.807, 2.05) is 54.6 Å². The molecule has 1 saturated carbocycles. The first kappa shape index (κ1) is 21.3. The number of hydrogen-bond donors (Lipinski definition) is 0. The average Bonchev–Trinajstić information content (AvgIpc) is 3.59. The molecule has 0 N–H and O–H groups in total. The number of rotatable bonds is 8. The molecule has 1 heterocycles. The number of ether oxygens (including phenoxy) is 3. The number of esters is 1. The molecule has 2 aromatic rings. The number of methoxy groups -OCH3 is 2. The molecular formula is C24H28N2O5. The zero-order valence-corrected chi connectivity index (χ0v) is 17.9. The van der Waals surface area contributed by atoms with Gasteiger partial charge in [0.2, 0.25) is 6.41 Å². The van der Waals surface area contributed by atoms with Gasteiger partial charge in [-0.3, -0.25) is 14.5 Å². The Kier molecular flexibility index (Phi) is 6.25. The first-order chi connectivity index (χ1) is 15.1. The van der Waals surface area contributed by atoms with Crippen molar-refractivity contribution < 1.29 is 23.8 Å². The summed E-state index contributed by atoms with van der Waals surface area (Å²) in [5.74, 6) is 0.438. The van der Waals surface area contributed by atoms with Crippen LogP contribution >= 0.6 is 0 Å². The van der Waals surface area contributed by atoms with E-state index >= 15 is 0 Å². The number of carbonyl (C=O) groups excluding carboxylic acids is 2. The van der Waals surface area contributed by atoms with E-state index in [0.29, 0.717) is 32.6 Å². The maximum absolute atomic E-state index is 13.6. The Morgan fingerprint density at radius 2 is 1.71 bits per heavy atom. The summed E-state index contributed by atoms with van der Waals surface area (Å²) >= 11 is 0. The Morgan fingerprint density at radius 1 is 1.03 bits per heavy atom. The Hall–Kier alpha value is -2.90. The molecule has 0 bridgehead atoms. The van der Waals surface area contributed by atoms with Crippen molar-refractivity contribution in [3.8, 4) is 5.75 Å². The summed E-state index contributed by atoms with van der Waals surface area (Å²) in [7, 11) is 3.24. The predicted octanol–water partition coefficient (Wildman–Crippen LogP) is 2.37. The van der Waals surface area contributed by atoms with Crippen molar-refractivity contribution in [1.82, 2.24) is 9.80 Å². The zero-order valence-electron chi connectivity index (χ0n) is 17.9. The maximum Gasteiger partial charge on any atom is 0.321 e. The Morgan fingerprint density at radius 3 is 2.26 bits per heavy atom. The fourth-order valence-electron chi connectivity index (χ4n) is 4.30. The van der Waals surface area contributed by atoms with Crippen molar-refractivity contribution in [1.29, 1.82) is 0 Å². The van der Waals surface area contributed by atoms with Crippen LogP contribution in [-0.2, 0) is 24.5 Å². The van der Waals surface area contributed by atoms with Crippen LogP contribution in [0.2, 0.25) is 0 Å². The Bertz CT molecular complexity index is 896. The highest BCUT2D eigenvalue weighted by molar-refractivity contribution is 5.88. The van der Waals surface area contributed by atoms with Crippen molar-refractivity contribution in [2.24, 2.45) is 0 Å². The number of piperazine rings is 1. The van der Waals surface area contributed by atoms with Crippen molar-refractivity contribution >= 4 is 12.4 Å². The van der Waals surface area contributed by atoms with E-state index in [1.54, 1.807) is 19.1 Å². The van der Waals surface area contributed by atoms with Crippen molar-refractivity contribution in [3.63, 3.8) is 0 Å². The molecule has 1 amide bonds. The lowest BCUT2D eigenvalue weighted by Crippen LogP contribution is -2.48. The Labute approximate surface area is 182 Å². The summed E-state index contributed by atoms with van der Waals surface area (Å²) < 4.78 is 17.0. The van der Waals surface area contributed by atoms with Gasteiger partial charge < -0.3 is 19.1 Å². The van der Waals surface area contributed by atoms with Gasteiger partial charge in [0.1, 0.15) is 11.2 Å². The molecular weight excluding hydrogens is 396 g/mol. The SMILES string of the molecule is COc1ccc([C@@]2(C(=O)OC(c3ccccc3)N3CCN(C=O)CC3)C[C@@H]2OC)cc1. The molecule has 1 aliphatic heterocycles. The molecule has 0 spiro atoms. The first-order valence-electron chi connectivity index (χ1n) is 10.5. The highest BCUT2D eigenvalue weighted by atomic mass is 16.6. The van der Waals surface area contributed by atoms with Gasteiger partial charge in [-0.25, -0.2) is 0 Å². The summed E-state index contributed by atoms with van der Waals surface area (Å²) in [6, 6.07) is 17.2. The molecule has 1 saturated heterocycles. The molecule has 1 unspecified atom stereocenters. The molecule has 2 aliphatic rings. The summed E-state index contributed by atoms with van der Waals surface area (Å²) in [6.45, 7) is 2.48. The van der Waals surface area contributed by atoms with Crippen molar-refractivity contribution in [2.75, 3.05) is 40.4 Å². The number of carbonyl (C=O) groups is 2. The average molecular weight is 424 g/mol. The van der Waals surface area contributed by atoms with Gasteiger partial charge in [-0.1, -0.05) is 42.5 Å². The highest BCUT2D eigenvalue weighted by Crippen LogP contribution is 2.52. The quantitative estimate of drug-likeness (QED) is 0.479. The largest absolute Gasteiger partial charge is 0.497 e. The molecule has 1 aliphatic carbocycles. The van der Waals surface area contributed by atoms with Gasteiger partial charge in [-0.05, 0) is 24.1 Å². The topological polar surface area (TPSA) is 68.3 Å². The Balaban J connectivity index is 1.59. The minimum Gasteiger partial charge on any atom is -0.497 e. The van der Waals surface area contributed by atoms with Crippen LogP contribution < -0.4 is 4.74 Å². The van der Waals surface area contributed by atoms with Crippen molar-refractivity contribution in [3.05, 3.63) is 65.7 Å². The molecule has 3 atom stereocenters. The van der Waals surface area contributed by atoms with Gasteiger partial charge in [0.15, 0.2) is 6.23 Å². The van der Waals surface area contributed by atoms with Gasteiger partial charge in [0, 0.05) is 38.9 Å². The highest BCUT2D eigenvalue weighted by Gasteiger charge is 2.64. The van der Waals surface area contributed by atoms with E-state index in [4.69, 9.17) is 14.2 Å². The van der Waals surface area contributed by atoms with E-state index in [1.165, 1.54) is 0 Å². The number of hydrogen-bond acceptors (Lipinski definition) is 6. The third-order valence-electron chi connectivity index (χ3n) is 6.28. The molecule has 31 heavy (non-hydrogen) atoms. The van der Waals surface area contributed by atoms with Gasteiger partial charge in [0.05, 0.1) is 13.2 Å². The summed E-state index contributed by atoms with van der Waals surface area (Å²) in [5.41, 5.74) is 0.955. The molecule has 0 aromatic heterocycles. The number of benzene rings is 2. The van der Waals surface area contributed by atoms with E-state index in [-0.39, 0.29) is 12.1 Å². The monoisotopic (exact) mass is 424 g/mol. The fourth-order valence-corrected chi connectivity index (χ4v) is 4.30.